The van der Waals surface area contributed by atoms with Crippen LogP contribution in [0.15, 0.2) is 30.5 Å². The van der Waals surface area contributed by atoms with Gasteiger partial charge in [-0.15, -0.1) is 5.10 Å². The number of aryl methyl sites for hydroxylation is 3. The molecule has 0 atom stereocenters. The SMILES string of the molecule is CCOC(=O)c1cn(C)nc1OCc1c(C)nc(CC(C)C)c(CNC(=O)OC(C)(C)C)c1-c1ccc(C)cc1. The minimum Gasteiger partial charge on any atom is -0.471 e. The van der Waals surface area contributed by atoms with E-state index in [4.69, 9.17) is 19.2 Å². The molecule has 1 N–H and O–H groups in total. The molecule has 0 radical (unpaired) electrons. The molecule has 3 aromatic rings. The third-order valence-electron chi connectivity index (χ3n) is 6.08. The van der Waals surface area contributed by atoms with Gasteiger partial charge in [-0.05, 0) is 65.0 Å². The van der Waals surface area contributed by atoms with Crippen LogP contribution in [0.2, 0.25) is 0 Å². The first-order valence-electron chi connectivity index (χ1n) is 13.7. The standard InChI is InChI=1S/C31H42N4O5/c1-10-38-29(36)24-17-35(9)34-28(24)39-18-25-21(5)33-26(15-19(2)3)23(16-32-30(37)40-31(6,7)8)27(25)22-13-11-20(4)12-14-22/h11-14,17,19H,10,15-16,18H2,1-9H3,(H,32,37). The molecule has 0 aliphatic heterocycles. The predicted octanol–water partition coefficient (Wildman–Crippen LogP) is 6.08. The molecule has 216 valence electrons. The van der Waals surface area contributed by atoms with Crippen molar-refractivity contribution in [2.24, 2.45) is 13.0 Å². The Labute approximate surface area is 237 Å². The Morgan fingerprint density at radius 2 is 1.75 bits per heavy atom. The lowest BCUT2D eigenvalue weighted by molar-refractivity contribution is 0.0512. The number of aromatic nitrogens is 3. The summed E-state index contributed by atoms with van der Waals surface area (Å²) in [6.45, 7) is 16.1. The van der Waals surface area contributed by atoms with E-state index >= 15 is 0 Å². The van der Waals surface area contributed by atoms with Crippen LogP contribution in [-0.4, -0.2) is 39.0 Å². The van der Waals surface area contributed by atoms with Crippen molar-refractivity contribution in [2.75, 3.05) is 6.61 Å². The lowest BCUT2D eigenvalue weighted by atomic mass is 9.90. The number of carbonyl (C=O) groups excluding carboxylic acids is 2. The first-order chi connectivity index (χ1) is 18.8. The largest absolute Gasteiger partial charge is 0.471 e. The molecule has 0 unspecified atom stereocenters. The van der Waals surface area contributed by atoms with Crippen molar-refractivity contribution < 1.29 is 23.8 Å². The molecule has 3 rings (SSSR count). The number of benzene rings is 1. The number of nitrogens with one attached hydrogen (secondary N) is 1. The van der Waals surface area contributed by atoms with Gasteiger partial charge in [0.15, 0.2) is 0 Å². The zero-order chi connectivity index (χ0) is 29.6. The number of amides is 1. The fourth-order valence-corrected chi connectivity index (χ4v) is 4.37. The molecule has 0 saturated heterocycles. The summed E-state index contributed by atoms with van der Waals surface area (Å²) in [7, 11) is 1.72. The van der Waals surface area contributed by atoms with Gasteiger partial charge >= 0.3 is 12.1 Å². The van der Waals surface area contributed by atoms with Crippen LogP contribution in [0.4, 0.5) is 4.79 Å². The van der Waals surface area contributed by atoms with Gasteiger partial charge in [-0.1, -0.05) is 43.7 Å². The summed E-state index contributed by atoms with van der Waals surface area (Å²) in [6.07, 6.45) is 1.82. The number of carbonyl (C=O) groups is 2. The molecule has 0 spiro atoms. The van der Waals surface area contributed by atoms with Crippen LogP contribution in [0.25, 0.3) is 11.1 Å². The highest BCUT2D eigenvalue weighted by Gasteiger charge is 2.24. The molecular formula is C31H42N4O5. The minimum atomic E-state index is -0.617. The molecular weight excluding hydrogens is 508 g/mol. The number of pyridine rings is 1. The monoisotopic (exact) mass is 550 g/mol. The van der Waals surface area contributed by atoms with E-state index in [0.29, 0.717) is 5.92 Å². The number of nitrogens with zero attached hydrogens (tertiary/aromatic N) is 3. The molecule has 1 amide bonds. The molecule has 0 aliphatic rings. The Kier molecular flexibility index (Phi) is 9.95. The van der Waals surface area contributed by atoms with Crippen molar-refractivity contribution in [1.82, 2.24) is 20.1 Å². The van der Waals surface area contributed by atoms with Crippen LogP contribution < -0.4 is 10.1 Å². The lowest BCUT2D eigenvalue weighted by Gasteiger charge is -2.23. The van der Waals surface area contributed by atoms with Gasteiger partial charge in [0, 0.05) is 42.3 Å². The van der Waals surface area contributed by atoms with E-state index < -0.39 is 17.7 Å². The van der Waals surface area contributed by atoms with E-state index in [2.05, 4.69) is 48.5 Å². The Bertz CT molecular complexity index is 1340. The van der Waals surface area contributed by atoms with Crippen molar-refractivity contribution in [3.63, 3.8) is 0 Å². The third kappa shape index (κ3) is 8.07. The van der Waals surface area contributed by atoms with Crippen LogP contribution in [-0.2, 0) is 36.1 Å². The normalized spacial score (nSPS) is 11.4. The Morgan fingerprint density at radius 3 is 2.35 bits per heavy atom. The number of ether oxygens (including phenoxy) is 3. The maximum atomic E-state index is 12.6. The molecule has 0 aliphatic carbocycles. The van der Waals surface area contributed by atoms with Gasteiger partial charge in [-0.25, -0.2) is 9.59 Å². The smallest absolute Gasteiger partial charge is 0.407 e. The van der Waals surface area contributed by atoms with Gasteiger partial charge in [0.2, 0.25) is 5.88 Å². The van der Waals surface area contributed by atoms with E-state index in [-0.39, 0.29) is 31.2 Å². The lowest BCUT2D eigenvalue weighted by Crippen LogP contribution is -2.32. The zero-order valence-corrected chi connectivity index (χ0v) is 25.2. The average molecular weight is 551 g/mol. The van der Waals surface area contributed by atoms with Gasteiger partial charge in [0.05, 0.1) is 6.61 Å². The molecule has 9 nitrogen and oxygen atoms in total. The van der Waals surface area contributed by atoms with Gasteiger partial charge in [-0.2, -0.15) is 0 Å². The van der Waals surface area contributed by atoms with Crippen molar-refractivity contribution in [3.8, 4) is 17.0 Å². The van der Waals surface area contributed by atoms with Crippen LogP contribution in [0, 0.1) is 19.8 Å². The molecule has 0 bridgehead atoms. The molecule has 40 heavy (non-hydrogen) atoms. The highest BCUT2D eigenvalue weighted by atomic mass is 16.6. The first kappa shape index (κ1) is 30.7. The van der Waals surface area contributed by atoms with E-state index in [1.54, 1.807) is 20.2 Å². The zero-order valence-electron chi connectivity index (χ0n) is 25.2. The van der Waals surface area contributed by atoms with Crippen LogP contribution in [0.5, 0.6) is 5.88 Å². The highest BCUT2D eigenvalue weighted by molar-refractivity contribution is 5.91. The molecule has 9 heteroatoms. The van der Waals surface area contributed by atoms with Gasteiger partial charge < -0.3 is 19.5 Å². The summed E-state index contributed by atoms with van der Waals surface area (Å²) < 4.78 is 18.4. The summed E-state index contributed by atoms with van der Waals surface area (Å²) in [6, 6.07) is 8.24. The summed E-state index contributed by atoms with van der Waals surface area (Å²) in [5.74, 6) is 0.0458. The van der Waals surface area contributed by atoms with Gasteiger partial charge in [-0.3, -0.25) is 9.67 Å². The van der Waals surface area contributed by atoms with Crippen molar-refractivity contribution in [3.05, 3.63) is 64.1 Å². The van der Waals surface area contributed by atoms with Crippen LogP contribution >= 0.6 is 0 Å². The third-order valence-corrected chi connectivity index (χ3v) is 6.08. The van der Waals surface area contributed by atoms with Crippen LogP contribution in [0.3, 0.4) is 0 Å². The van der Waals surface area contributed by atoms with E-state index in [0.717, 1.165) is 45.6 Å². The van der Waals surface area contributed by atoms with Gasteiger partial charge in [0.1, 0.15) is 17.8 Å². The Balaban J connectivity index is 2.11. The predicted molar refractivity (Wildman–Crippen MR) is 154 cm³/mol. The van der Waals surface area contributed by atoms with Crippen molar-refractivity contribution >= 4 is 12.1 Å². The second-order valence-corrected chi connectivity index (χ2v) is 11.3. The molecule has 1 aromatic carbocycles. The van der Waals surface area contributed by atoms with Crippen molar-refractivity contribution in [2.45, 2.75) is 80.6 Å². The quantitative estimate of drug-likeness (QED) is 0.305. The molecule has 2 aromatic heterocycles. The number of alkyl carbamates (subject to hydrolysis) is 1. The fourth-order valence-electron chi connectivity index (χ4n) is 4.37. The second kappa shape index (κ2) is 13.0. The molecule has 0 fully saturated rings. The Morgan fingerprint density at radius 1 is 1.07 bits per heavy atom. The summed E-state index contributed by atoms with van der Waals surface area (Å²) >= 11 is 0. The fraction of sp³-hybridized carbons (Fsp3) is 0.484. The number of rotatable bonds is 10. The number of esters is 1. The second-order valence-electron chi connectivity index (χ2n) is 11.3. The topological polar surface area (TPSA) is 105 Å². The summed E-state index contributed by atoms with van der Waals surface area (Å²) in [4.78, 5) is 30.1. The molecule has 0 saturated carbocycles. The maximum absolute atomic E-state index is 12.6. The van der Waals surface area contributed by atoms with E-state index in [1.165, 1.54) is 4.68 Å². The average Bonchev–Trinajstić information content (AvgIpc) is 3.22. The summed E-state index contributed by atoms with van der Waals surface area (Å²) in [5.41, 5.74) is 6.16. The van der Waals surface area contributed by atoms with E-state index in [1.807, 2.05) is 34.6 Å². The Hall–Kier alpha value is -3.88. The minimum absolute atomic E-state index is 0.118. The van der Waals surface area contributed by atoms with E-state index in [9.17, 15) is 9.59 Å². The highest BCUT2D eigenvalue weighted by Crippen LogP contribution is 2.34. The molecule has 2 heterocycles. The first-order valence-corrected chi connectivity index (χ1v) is 13.7. The van der Waals surface area contributed by atoms with Crippen LogP contribution in [0.1, 0.15) is 80.0 Å². The van der Waals surface area contributed by atoms with Crippen molar-refractivity contribution in [1.29, 1.82) is 0 Å². The number of hydrogen-bond acceptors (Lipinski definition) is 7. The maximum Gasteiger partial charge on any atom is 0.407 e. The summed E-state index contributed by atoms with van der Waals surface area (Å²) in [5, 5.41) is 7.28. The number of hydrogen-bond donors (Lipinski definition) is 1. The van der Waals surface area contributed by atoms with Gasteiger partial charge in [0.25, 0.3) is 0 Å².